The molecule has 0 atom stereocenters. The number of rotatable bonds is 2. The molecule has 22 heavy (non-hydrogen) atoms. The second-order valence-corrected chi connectivity index (χ2v) is 5.09. The van der Waals surface area contributed by atoms with Gasteiger partial charge in [-0.2, -0.15) is 5.26 Å². The first-order valence-electron chi connectivity index (χ1n) is 6.79. The van der Waals surface area contributed by atoms with E-state index in [0.29, 0.717) is 11.3 Å². The molecule has 0 aliphatic carbocycles. The van der Waals surface area contributed by atoms with Crippen LogP contribution in [-0.4, -0.2) is 15.0 Å². The van der Waals surface area contributed by atoms with Crippen LogP contribution in [0.1, 0.15) is 16.8 Å². The molecule has 0 N–H and O–H groups in total. The minimum atomic E-state index is -0.326. The maximum Gasteiger partial charge on any atom is 0.191 e. The highest BCUT2D eigenvalue weighted by molar-refractivity contribution is 5.67. The predicted octanol–water partition coefficient (Wildman–Crippen LogP) is 3.56. The van der Waals surface area contributed by atoms with Gasteiger partial charge in [-0.05, 0) is 61.4 Å². The molecule has 108 valence electrons. The highest BCUT2D eigenvalue weighted by atomic mass is 19.1. The Labute approximate surface area is 127 Å². The van der Waals surface area contributed by atoms with Gasteiger partial charge in [0.05, 0.1) is 5.69 Å². The molecular weight excluding hydrogens is 279 g/mol. The lowest BCUT2D eigenvalue weighted by atomic mass is 10.1. The van der Waals surface area contributed by atoms with Gasteiger partial charge < -0.3 is 0 Å². The van der Waals surface area contributed by atoms with Gasteiger partial charge in [0, 0.05) is 5.56 Å². The van der Waals surface area contributed by atoms with E-state index in [9.17, 15) is 9.65 Å². The Morgan fingerprint density at radius 2 is 1.77 bits per heavy atom. The fourth-order valence-corrected chi connectivity index (χ4v) is 2.26. The van der Waals surface area contributed by atoms with Crippen molar-refractivity contribution in [3.63, 3.8) is 0 Å². The molecule has 0 fully saturated rings. The van der Waals surface area contributed by atoms with Gasteiger partial charge in [-0.1, -0.05) is 11.3 Å². The fraction of sp³-hybridized carbons (Fsp3) is 0.118. The minimum Gasteiger partial charge on any atom is -0.211 e. The van der Waals surface area contributed by atoms with Crippen LogP contribution in [0.5, 0.6) is 0 Å². The predicted molar refractivity (Wildman–Crippen MR) is 80.9 cm³/mol. The van der Waals surface area contributed by atoms with Gasteiger partial charge in [-0.3, -0.25) is 0 Å². The van der Waals surface area contributed by atoms with Crippen LogP contribution < -0.4 is 0 Å². The summed E-state index contributed by atoms with van der Waals surface area (Å²) in [7, 11) is 0. The van der Waals surface area contributed by atoms with Crippen LogP contribution >= 0.6 is 0 Å². The van der Waals surface area contributed by atoms with Crippen LogP contribution in [0.25, 0.3) is 16.9 Å². The van der Waals surface area contributed by atoms with E-state index < -0.39 is 0 Å². The average Bonchev–Trinajstić information content (AvgIpc) is 2.95. The summed E-state index contributed by atoms with van der Waals surface area (Å²) in [6.07, 6.45) is 0. The van der Waals surface area contributed by atoms with E-state index in [-0.39, 0.29) is 11.5 Å². The van der Waals surface area contributed by atoms with Gasteiger partial charge in [0.15, 0.2) is 5.69 Å². The van der Waals surface area contributed by atoms with Crippen molar-refractivity contribution >= 4 is 0 Å². The Balaban J connectivity index is 2.21. The second-order valence-electron chi connectivity index (χ2n) is 5.09. The molecule has 1 aromatic heterocycles. The summed E-state index contributed by atoms with van der Waals surface area (Å²) in [5.74, 6) is -0.326. The van der Waals surface area contributed by atoms with Crippen molar-refractivity contribution in [1.82, 2.24) is 15.0 Å². The number of aryl methyl sites for hydroxylation is 2. The summed E-state index contributed by atoms with van der Waals surface area (Å²) in [6.45, 7) is 4.04. The van der Waals surface area contributed by atoms with Crippen molar-refractivity contribution in [2.75, 3.05) is 0 Å². The number of nitriles is 1. The highest BCUT2D eigenvalue weighted by Gasteiger charge is 2.16. The SMILES string of the molecule is Cc1ccc(-n2nnc(C#N)c2-c2ccc(F)cc2)cc1C. The smallest absolute Gasteiger partial charge is 0.191 e. The number of nitrogens with zero attached hydrogens (tertiary/aromatic N) is 4. The Kier molecular flexibility index (Phi) is 3.43. The number of aromatic nitrogens is 3. The fourth-order valence-electron chi connectivity index (χ4n) is 2.26. The standard InChI is InChI=1S/C17H13FN4/c1-11-3-8-15(9-12(11)2)22-17(16(10-19)20-21-22)13-4-6-14(18)7-5-13/h3-9H,1-2H3. The van der Waals surface area contributed by atoms with Crippen LogP contribution in [0.2, 0.25) is 0 Å². The Hall–Kier alpha value is -3.00. The summed E-state index contributed by atoms with van der Waals surface area (Å²) in [5, 5.41) is 17.3. The first-order valence-corrected chi connectivity index (χ1v) is 6.79. The molecule has 2 aromatic carbocycles. The summed E-state index contributed by atoms with van der Waals surface area (Å²) >= 11 is 0. The lowest BCUT2D eigenvalue weighted by Crippen LogP contribution is -2.01. The molecule has 0 spiro atoms. The molecule has 0 radical (unpaired) electrons. The number of halogens is 1. The Morgan fingerprint density at radius 1 is 1.05 bits per heavy atom. The molecule has 0 bridgehead atoms. The van der Waals surface area contributed by atoms with Crippen molar-refractivity contribution < 1.29 is 4.39 Å². The molecule has 0 saturated heterocycles. The highest BCUT2D eigenvalue weighted by Crippen LogP contribution is 2.26. The van der Waals surface area contributed by atoms with Crippen LogP contribution in [-0.2, 0) is 0 Å². The third-order valence-electron chi connectivity index (χ3n) is 3.63. The van der Waals surface area contributed by atoms with Crippen molar-refractivity contribution in [2.45, 2.75) is 13.8 Å². The summed E-state index contributed by atoms with van der Waals surface area (Å²) in [4.78, 5) is 0. The van der Waals surface area contributed by atoms with E-state index in [0.717, 1.165) is 11.3 Å². The van der Waals surface area contributed by atoms with E-state index in [1.54, 1.807) is 16.8 Å². The molecule has 0 amide bonds. The van der Waals surface area contributed by atoms with E-state index >= 15 is 0 Å². The zero-order chi connectivity index (χ0) is 15.7. The molecule has 0 saturated carbocycles. The third kappa shape index (κ3) is 2.35. The molecule has 0 unspecified atom stereocenters. The molecule has 5 heteroatoms. The molecule has 3 aromatic rings. The van der Waals surface area contributed by atoms with Crippen LogP contribution in [0, 0.1) is 31.0 Å². The summed E-state index contributed by atoms with van der Waals surface area (Å²) in [5.41, 5.74) is 4.58. The van der Waals surface area contributed by atoms with Gasteiger partial charge in [-0.15, -0.1) is 5.10 Å². The summed E-state index contributed by atoms with van der Waals surface area (Å²) in [6, 6.07) is 13.9. The van der Waals surface area contributed by atoms with Crippen molar-refractivity contribution in [2.24, 2.45) is 0 Å². The maximum atomic E-state index is 13.1. The lowest BCUT2D eigenvalue weighted by molar-refractivity contribution is 0.628. The molecule has 0 aliphatic rings. The minimum absolute atomic E-state index is 0.213. The Morgan fingerprint density at radius 3 is 2.41 bits per heavy atom. The first kappa shape index (κ1) is 14.0. The van der Waals surface area contributed by atoms with Gasteiger partial charge in [0.1, 0.15) is 17.6 Å². The van der Waals surface area contributed by atoms with Gasteiger partial charge in [0.2, 0.25) is 0 Å². The molecule has 4 nitrogen and oxygen atoms in total. The first-order chi connectivity index (χ1) is 10.6. The van der Waals surface area contributed by atoms with Crippen molar-refractivity contribution in [3.8, 4) is 23.0 Å². The van der Waals surface area contributed by atoms with E-state index in [4.69, 9.17) is 0 Å². The van der Waals surface area contributed by atoms with Crippen LogP contribution in [0.15, 0.2) is 42.5 Å². The zero-order valence-corrected chi connectivity index (χ0v) is 12.2. The number of hydrogen-bond donors (Lipinski definition) is 0. The largest absolute Gasteiger partial charge is 0.211 e. The molecular formula is C17H13FN4. The second kappa shape index (κ2) is 5.41. The maximum absolute atomic E-state index is 13.1. The van der Waals surface area contributed by atoms with E-state index in [1.807, 2.05) is 38.1 Å². The molecule has 0 aliphatic heterocycles. The van der Waals surface area contributed by atoms with Gasteiger partial charge in [0.25, 0.3) is 0 Å². The topological polar surface area (TPSA) is 54.5 Å². The number of benzene rings is 2. The molecule has 3 rings (SSSR count). The summed E-state index contributed by atoms with van der Waals surface area (Å²) < 4.78 is 14.7. The Bertz CT molecular complexity index is 873. The third-order valence-corrected chi connectivity index (χ3v) is 3.63. The van der Waals surface area contributed by atoms with E-state index in [1.165, 1.54) is 17.7 Å². The van der Waals surface area contributed by atoms with Crippen LogP contribution in [0.4, 0.5) is 4.39 Å². The van der Waals surface area contributed by atoms with Crippen molar-refractivity contribution in [3.05, 3.63) is 65.1 Å². The zero-order valence-electron chi connectivity index (χ0n) is 12.2. The lowest BCUT2D eigenvalue weighted by Gasteiger charge is -2.09. The van der Waals surface area contributed by atoms with Crippen LogP contribution in [0.3, 0.4) is 0 Å². The normalized spacial score (nSPS) is 10.5. The quantitative estimate of drug-likeness (QED) is 0.725. The van der Waals surface area contributed by atoms with Gasteiger partial charge in [-0.25, -0.2) is 9.07 Å². The molecule has 1 heterocycles. The monoisotopic (exact) mass is 292 g/mol. The van der Waals surface area contributed by atoms with Gasteiger partial charge >= 0.3 is 0 Å². The van der Waals surface area contributed by atoms with E-state index in [2.05, 4.69) is 10.3 Å². The number of hydrogen-bond acceptors (Lipinski definition) is 3. The average molecular weight is 292 g/mol. The van der Waals surface area contributed by atoms with Crippen molar-refractivity contribution in [1.29, 1.82) is 5.26 Å².